The van der Waals surface area contributed by atoms with Gasteiger partial charge in [-0.25, -0.2) is 0 Å². The molecule has 0 fully saturated rings. The molecule has 2 aromatic rings. The zero-order chi connectivity index (χ0) is 28.9. The molecule has 0 aromatic heterocycles. The molecule has 0 saturated carbocycles. The number of fused-ring (bicyclic) bond motifs is 5. The van der Waals surface area contributed by atoms with Crippen molar-refractivity contribution in [2.75, 3.05) is 11.4 Å². The van der Waals surface area contributed by atoms with E-state index in [2.05, 4.69) is 124 Å². The van der Waals surface area contributed by atoms with Crippen molar-refractivity contribution in [2.45, 2.75) is 119 Å². The number of ether oxygens (including phenoxy) is 1. The average molecular weight is 532 g/mol. The van der Waals surface area contributed by atoms with Crippen LogP contribution in [0.15, 0.2) is 36.4 Å². The number of nitrogens with zero attached hydrogens (tertiary/aromatic N) is 1. The Hall–Kier alpha value is -2.10. The lowest BCUT2D eigenvalue weighted by atomic mass is 9.79. The second-order valence-electron chi connectivity index (χ2n) is 15.2. The molecular weight excluding hydrogens is 478 g/mol. The summed E-state index contributed by atoms with van der Waals surface area (Å²) >= 11 is 0. The van der Waals surface area contributed by atoms with Crippen LogP contribution < -0.4 is 4.90 Å². The molecule has 3 heteroatoms. The van der Waals surface area contributed by atoms with Gasteiger partial charge in [0.15, 0.2) is 0 Å². The molecule has 4 atom stereocenters. The van der Waals surface area contributed by atoms with Gasteiger partial charge in [0.25, 0.3) is 0 Å². The molecule has 0 amide bonds. The Morgan fingerprint density at radius 3 is 2.36 bits per heavy atom. The largest absolute Gasteiger partial charge is 0.392 e. The van der Waals surface area contributed by atoms with E-state index in [-0.39, 0.29) is 23.0 Å². The molecule has 214 valence electrons. The van der Waals surface area contributed by atoms with Crippen LogP contribution in [0.5, 0.6) is 0 Å². The monoisotopic (exact) mass is 531 g/mol. The minimum Gasteiger partial charge on any atom is -0.392 e. The van der Waals surface area contributed by atoms with E-state index in [0.29, 0.717) is 12.3 Å². The fraction of sp³-hybridized carbons (Fsp3) is 0.611. The van der Waals surface area contributed by atoms with Crippen molar-refractivity contribution in [3.8, 4) is 0 Å². The minimum absolute atomic E-state index is 0.0745. The molecule has 2 aromatic carbocycles. The number of hydrogen-bond acceptors (Lipinski definition) is 3. The first-order chi connectivity index (χ1) is 18.0. The van der Waals surface area contributed by atoms with Gasteiger partial charge in [-0.15, -0.1) is 0 Å². The second-order valence-corrected chi connectivity index (χ2v) is 15.2. The van der Waals surface area contributed by atoms with Crippen LogP contribution in [-0.4, -0.2) is 29.5 Å². The Bertz CT molecular complexity index is 1210. The summed E-state index contributed by atoms with van der Waals surface area (Å²) in [7, 11) is 0. The fourth-order valence-corrected chi connectivity index (χ4v) is 6.44. The van der Waals surface area contributed by atoms with Gasteiger partial charge in [0.05, 0.1) is 23.9 Å². The molecule has 2 heterocycles. The SMILES string of the molecule is Cc1cc(C)c2c(c1)C1C=Cc3c(CC(C)C)cccc3N1C[C@@](C)(OC(CC(O)C(C)(C)C)C(C)(C)C)C2. The first kappa shape index (κ1) is 29.9. The third kappa shape index (κ3) is 6.46. The molecule has 0 saturated heterocycles. The molecular formula is C36H53NO2. The van der Waals surface area contributed by atoms with Gasteiger partial charge in [-0.05, 0) is 72.3 Å². The Balaban J connectivity index is 1.82. The standard InChI is InChI=1S/C36H53NO2/c1-23(2)17-26-13-12-14-30-27(26)15-16-31-28-19-24(3)18-25(4)29(28)21-36(11,22-37(30)31)39-33(35(8,9)10)20-32(38)34(5,6)7/h12-16,18-19,23,31-33,38H,17,20-22H2,1-11H3/t31?,32?,33?,36-/m0/s1. The number of aliphatic hydroxyl groups excluding tert-OH is 1. The summed E-state index contributed by atoms with van der Waals surface area (Å²) in [5.41, 5.74) is 8.84. The molecule has 0 radical (unpaired) electrons. The second kappa shape index (κ2) is 10.7. The summed E-state index contributed by atoms with van der Waals surface area (Å²) in [6.07, 6.45) is 6.84. The summed E-state index contributed by atoms with van der Waals surface area (Å²) in [4.78, 5) is 2.60. The first-order valence-electron chi connectivity index (χ1n) is 15.0. The molecule has 0 aliphatic carbocycles. The quantitative estimate of drug-likeness (QED) is 0.405. The molecule has 0 spiro atoms. The van der Waals surface area contributed by atoms with E-state index in [9.17, 15) is 5.11 Å². The topological polar surface area (TPSA) is 32.7 Å². The van der Waals surface area contributed by atoms with Crippen LogP contribution in [0.2, 0.25) is 0 Å². The van der Waals surface area contributed by atoms with Gasteiger partial charge in [0.2, 0.25) is 0 Å². The van der Waals surface area contributed by atoms with Gasteiger partial charge in [-0.3, -0.25) is 0 Å². The normalized spacial score (nSPS) is 22.7. The van der Waals surface area contributed by atoms with Gasteiger partial charge >= 0.3 is 0 Å². The van der Waals surface area contributed by atoms with E-state index in [1.165, 1.54) is 39.1 Å². The van der Waals surface area contributed by atoms with Crippen LogP contribution in [0.3, 0.4) is 0 Å². The fourth-order valence-electron chi connectivity index (χ4n) is 6.44. The van der Waals surface area contributed by atoms with Crippen LogP contribution in [0.4, 0.5) is 5.69 Å². The highest BCUT2D eigenvalue weighted by molar-refractivity contribution is 5.76. The van der Waals surface area contributed by atoms with Crippen molar-refractivity contribution in [1.82, 2.24) is 0 Å². The predicted octanol–water partition coefficient (Wildman–Crippen LogP) is 8.62. The van der Waals surface area contributed by atoms with Crippen molar-refractivity contribution in [3.63, 3.8) is 0 Å². The molecule has 3 nitrogen and oxygen atoms in total. The first-order valence-corrected chi connectivity index (χ1v) is 15.0. The van der Waals surface area contributed by atoms with Gasteiger partial charge in [0, 0.05) is 30.6 Å². The molecule has 4 rings (SSSR count). The average Bonchev–Trinajstić information content (AvgIpc) is 2.91. The van der Waals surface area contributed by atoms with Gasteiger partial charge in [-0.1, -0.05) is 97.4 Å². The maximum Gasteiger partial charge on any atom is 0.0873 e. The number of benzene rings is 2. The van der Waals surface area contributed by atoms with Crippen molar-refractivity contribution < 1.29 is 9.84 Å². The van der Waals surface area contributed by atoms with E-state index in [4.69, 9.17) is 4.74 Å². The molecule has 1 N–H and O–H groups in total. The molecule has 3 unspecified atom stereocenters. The highest BCUT2D eigenvalue weighted by Crippen LogP contribution is 2.46. The van der Waals surface area contributed by atoms with E-state index in [1.807, 2.05) is 0 Å². The van der Waals surface area contributed by atoms with E-state index < -0.39 is 11.7 Å². The minimum atomic E-state index is -0.433. The van der Waals surface area contributed by atoms with Crippen LogP contribution in [0, 0.1) is 30.6 Å². The molecule has 2 aliphatic heterocycles. The third-order valence-electron chi connectivity index (χ3n) is 8.75. The van der Waals surface area contributed by atoms with Crippen molar-refractivity contribution >= 4 is 11.8 Å². The number of aliphatic hydroxyl groups is 1. The molecule has 0 bridgehead atoms. The number of hydrogen-bond donors (Lipinski definition) is 1. The van der Waals surface area contributed by atoms with Crippen LogP contribution in [0.1, 0.15) is 108 Å². The smallest absolute Gasteiger partial charge is 0.0873 e. The molecule has 2 aliphatic rings. The number of anilines is 1. The van der Waals surface area contributed by atoms with Crippen LogP contribution in [-0.2, 0) is 17.6 Å². The zero-order valence-electron chi connectivity index (χ0n) is 26.5. The van der Waals surface area contributed by atoms with Crippen LogP contribution >= 0.6 is 0 Å². The van der Waals surface area contributed by atoms with Crippen molar-refractivity contribution in [2.24, 2.45) is 16.7 Å². The Morgan fingerprint density at radius 2 is 1.74 bits per heavy atom. The van der Waals surface area contributed by atoms with Crippen LogP contribution in [0.25, 0.3) is 6.08 Å². The van der Waals surface area contributed by atoms with Crippen molar-refractivity contribution in [3.05, 3.63) is 69.8 Å². The van der Waals surface area contributed by atoms with E-state index in [1.54, 1.807) is 0 Å². The highest BCUT2D eigenvalue weighted by Gasteiger charge is 2.43. The predicted molar refractivity (Wildman–Crippen MR) is 167 cm³/mol. The molecule has 39 heavy (non-hydrogen) atoms. The van der Waals surface area contributed by atoms with Crippen molar-refractivity contribution in [1.29, 1.82) is 0 Å². The summed E-state index contributed by atoms with van der Waals surface area (Å²) in [6.45, 7) is 25.2. The summed E-state index contributed by atoms with van der Waals surface area (Å²) in [5, 5.41) is 11.1. The van der Waals surface area contributed by atoms with E-state index >= 15 is 0 Å². The maximum absolute atomic E-state index is 11.1. The maximum atomic E-state index is 11.1. The van der Waals surface area contributed by atoms with Gasteiger partial charge < -0.3 is 14.7 Å². The Kier molecular flexibility index (Phi) is 8.20. The lowest BCUT2D eigenvalue weighted by Gasteiger charge is -2.45. The van der Waals surface area contributed by atoms with Gasteiger partial charge in [-0.2, -0.15) is 0 Å². The number of rotatable bonds is 6. The Labute approximate surface area is 238 Å². The lowest BCUT2D eigenvalue weighted by Crippen LogP contribution is -2.50. The number of aryl methyl sites for hydroxylation is 2. The highest BCUT2D eigenvalue weighted by atomic mass is 16.5. The van der Waals surface area contributed by atoms with Gasteiger partial charge in [0.1, 0.15) is 0 Å². The zero-order valence-corrected chi connectivity index (χ0v) is 26.5. The Morgan fingerprint density at radius 1 is 1.05 bits per heavy atom. The summed E-state index contributed by atoms with van der Waals surface area (Å²) in [5.74, 6) is 0.605. The summed E-state index contributed by atoms with van der Waals surface area (Å²) < 4.78 is 7.26. The summed E-state index contributed by atoms with van der Waals surface area (Å²) in [6, 6.07) is 11.7. The van der Waals surface area contributed by atoms with E-state index in [0.717, 1.165) is 19.4 Å². The third-order valence-corrected chi connectivity index (χ3v) is 8.75. The lowest BCUT2D eigenvalue weighted by molar-refractivity contribution is -0.139.